The van der Waals surface area contributed by atoms with Crippen molar-refractivity contribution in [2.45, 2.75) is 0 Å². The second-order valence-corrected chi connectivity index (χ2v) is 3.32. The van der Waals surface area contributed by atoms with Gasteiger partial charge in [-0.05, 0) is 24.3 Å². The summed E-state index contributed by atoms with van der Waals surface area (Å²) in [5.41, 5.74) is 6.35. The maximum Gasteiger partial charge on any atom is 0.184 e. The van der Waals surface area contributed by atoms with E-state index in [4.69, 9.17) is 5.73 Å². The minimum Gasteiger partial charge on any atom is -0.397 e. The highest BCUT2D eigenvalue weighted by Gasteiger charge is 2.11. The zero-order chi connectivity index (χ0) is 11.5. The molecule has 2 aromatic carbocycles. The number of rotatable bonds is 2. The van der Waals surface area contributed by atoms with E-state index in [-0.39, 0.29) is 11.4 Å². The Labute approximate surface area is 91.7 Å². The normalized spacial score (nSPS) is 10.1. The van der Waals surface area contributed by atoms with Crippen LogP contribution in [0.3, 0.4) is 0 Å². The second-order valence-electron chi connectivity index (χ2n) is 3.32. The molecule has 82 valence electrons. The van der Waals surface area contributed by atoms with E-state index in [1.165, 1.54) is 6.07 Å². The molecule has 2 aromatic rings. The van der Waals surface area contributed by atoms with Gasteiger partial charge in [0, 0.05) is 5.69 Å². The number of hydrogen-bond donors (Lipinski definition) is 2. The summed E-state index contributed by atoms with van der Waals surface area (Å²) in [7, 11) is 0. The summed E-state index contributed by atoms with van der Waals surface area (Å²) in [6.07, 6.45) is 0. The lowest BCUT2D eigenvalue weighted by atomic mass is 10.2. The number of anilines is 3. The molecule has 0 aliphatic carbocycles. The Morgan fingerprint density at radius 1 is 0.938 bits per heavy atom. The van der Waals surface area contributed by atoms with Gasteiger partial charge < -0.3 is 11.1 Å². The van der Waals surface area contributed by atoms with Gasteiger partial charge in [0.1, 0.15) is 5.69 Å². The molecule has 4 heteroatoms. The van der Waals surface area contributed by atoms with Gasteiger partial charge in [0.2, 0.25) is 0 Å². The molecule has 3 N–H and O–H groups in total. The summed E-state index contributed by atoms with van der Waals surface area (Å²) < 4.78 is 26.4. The van der Waals surface area contributed by atoms with Crippen molar-refractivity contribution in [2.24, 2.45) is 0 Å². The number of nitrogens with one attached hydrogen (secondary N) is 1. The molecule has 2 rings (SSSR count). The topological polar surface area (TPSA) is 38.0 Å². The fourth-order valence-electron chi connectivity index (χ4n) is 1.36. The van der Waals surface area contributed by atoms with Crippen molar-refractivity contribution in [3.63, 3.8) is 0 Å². The third-order valence-corrected chi connectivity index (χ3v) is 2.17. The van der Waals surface area contributed by atoms with Gasteiger partial charge in [0.25, 0.3) is 0 Å². The van der Waals surface area contributed by atoms with E-state index in [2.05, 4.69) is 5.32 Å². The van der Waals surface area contributed by atoms with Crippen LogP contribution in [-0.4, -0.2) is 0 Å². The van der Waals surface area contributed by atoms with Gasteiger partial charge >= 0.3 is 0 Å². The lowest BCUT2D eigenvalue weighted by molar-refractivity contribution is 0.512. The summed E-state index contributed by atoms with van der Waals surface area (Å²) in [5.74, 6) is -1.89. The molecule has 0 unspecified atom stereocenters. The van der Waals surface area contributed by atoms with E-state index in [1.54, 1.807) is 24.3 Å². The minimum absolute atomic E-state index is 0.0359. The summed E-state index contributed by atoms with van der Waals surface area (Å²) in [4.78, 5) is 0. The van der Waals surface area contributed by atoms with Gasteiger partial charge in [-0.15, -0.1) is 0 Å². The van der Waals surface area contributed by atoms with Crippen LogP contribution < -0.4 is 11.1 Å². The molecule has 0 aliphatic rings. The van der Waals surface area contributed by atoms with Crippen LogP contribution in [0.15, 0.2) is 42.5 Å². The molecule has 16 heavy (non-hydrogen) atoms. The molecule has 0 aromatic heterocycles. The summed E-state index contributed by atoms with van der Waals surface area (Å²) in [5, 5.41) is 2.74. The fraction of sp³-hybridized carbons (Fsp3) is 0. The van der Waals surface area contributed by atoms with Crippen molar-refractivity contribution in [3.05, 3.63) is 54.1 Å². The standard InChI is InChI=1S/C12H10F2N2/c13-9-6-7-10(15)12(11(9)14)16-8-4-2-1-3-5-8/h1-7,16H,15H2. The van der Waals surface area contributed by atoms with Crippen LogP contribution in [0.1, 0.15) is 0 Å². The first-order chi connectivity index (χ1) is 7.68. The highest BCUT2D eigenvalue weighted by Crippen LogP contribution is 2.27. The van der Waals surface area contributed by atoms with Crippen molar-refractivity contribution in [2.75, 3.05) is 11.1 Å². The summed E-state index contributed by atoms with van der Waals surface area (Å²) in [6, 6.07) is 11.2. The van der Waals surface area contributed by atoms with Crippen LogP contribution in [-0.2, 0) is 0 Å². The first-order valence-electron chi connectivity index (χ1n) is 4.74. The number of hydrogen-bond acceptors (Lipinski definition) is 2. The van der Waals surface area contributed by atoms with E-state index in [0.717, 1.165) is 6.07 Å². The molecule has 0 aliphatic heterocycles. The van der Waals surface area contributed by atoms with Crippen molar-refractivity contribution in [1.29, 1.82) is 0 Å². The molecule has 0 saturated carbocycles. The highest BCUT2D eigenvalue weighted by atomic mass is 19.2. The van der Waals surface area contributed by atoms with Gasteiger partial charge in [0.15, 0.2) is 11.6 Å². The Morgan fingerprint density at radius 2 is 1.62 bits per heavy atom. The molecule has 0 heterocycles. The Morgan fingerprint density at radius 3 is 2.31 bits per heavy atom. The van der Waals surface area contributed by atoms with Crippen molar-refractivity contribution < 1.29 is 8.78 Å². The minimum atomic E-state index is -0.969. The quantitative estimate of drug-likeness (QED) is 0.762. The molecule has 0 radical (unpaired) electrons. The zero-order valence-corrected chi connectivity index (χ0v) is 8.37. The Balaban J connectivity index is 2.38. The fourth-order valence-corrected chi connectivity index (χ4v) is 1.36. The maximum absolute atomic E-state index is 13.4. The molecule has 0 saturated heterocycles. The zero-order valence-electron chi connectivity index (χ0n) is 8.37. The number of nitrogen functional groups attached to an aromatic ring is 1. The van der Waals surface area contributed by atoms with Crippen LogP contribution in [0.2, 0.25) is 0 Å². The SMILES string of the molecule is Nc1ccc(F)c(F)c1Nc1ccccc1. The lowest BCUT2D eigenvalue weighted by Gasteiger charge is -2.10. The van der Waals surface area contributed by atoms with Crippen LogP contribution in [0, 0.1) is 11.6 Å². The van der Waals surface area contributed by atoms with Crippen LogP contribution in [0.4, 0.5) is 25.8 Å². The molecular formula is C12H10F2N2. The molecule has 0 spiro atoms. The number of para-hydroxylation sites is 1. The van der Waals surface area contributed by atoms with Gasteiger partial charge in [-0.1, -0.05) is 18.2 Å². The molecule has 0 amide bonds. The average Bonchev–Trinajstić information content (AvgIpc) is 2.31. The predicted octanol–water partition coefficient (Wildman–Crippen LogP) is 3.29. The molecule has 0 fully saturated rings. The smallest absolute Gasteiger partial charge is 0.184 e. The Bertz CT molecular complexity index is 498. The monoisotopic (exact) mass is 220 g/mol. The molecule has 2 nitrogen and oxygen atoms in total. The third-order valence-electron chi connectivity index (χ3n) is 2.17. The molecular weight excluding hydrogens is 210 g/mol. The largest absolute Gasteiger partial charge is 0.397 e. The van der Waals surface area contributed by atoms with E-state index in [0.29, 0.717) is 5.69 Å². The Kier molecular flexibility index (Phi) is 2.72. The first-order valence-corrected chi connectivity index (χ1v) is 4.74. The average molecular weight is 220 g/mol. The molecule has 0 atom stereocenters. The van der Waals surface area contributed by atoms with Crippen molar-refractivity contribution in [3.8, 4) is 0 Å². The number of nitrogens with two attached hydrogens (primary N) is 1. The van der Waals surface area contributed by atoms with E-state index in [1.807, 2.05) is 6.07 Å². The van der Waals surface area contributed by atoms with Gasteiger partial charge in [-0.25, -0.2) is 8.78 Å². The van der Waals surface area contributed by atoms with Gasteiger partial charge in [0.05, 0.1) is 5.69 Å². The highest BCUT2D eigenvalue weighted by molar-refractivity contribution is 5.73. The van der Waals surface area contributed by atoms with Crippen LogP contribution in [0.25, 0.3) is 0 Å². The predicted molar refractivity (Wildman–Crippen MR) is 60.5 cm³/mol. The third kappa shape index (κ3) is 1.95. The van der Waals surface area contributed by atoms with Crippen molar-refractivity contribution in [1.82, 2.24) is 0 Å². The van der Waals surface area contributed by atoms with Gasteiger partial charge in [-0.2, -0.15) is 0 Å². The van der Waals surface area contributed by atoms with Gasteiger partial charge in [-0.3, -0.25) is 0 Å². The summed E-state index contributed by atoms with van der Waals surface area (Å²) in [6.45, 7) is 0. The lowest BCUT2D eigenvalue weighted by Crippen LogP contribution is -2.01. The first kappa shape index (κ1) is 10.4. The van der Waals surface area contributed by atoms with Crippen LogP contribution >= 0.6 is 0 Å². The Hall–Kier alpha value is -2.10. The molecule has 0 bridgehead atoms. The van der Waals surface area contributed by atoms with Crippen molar-refractivity contribution >= 4 is 17.1 Å². The van der Waals surface area contributed by atoms with E-state index >= 15 is 0 Å². The van der Waals surface area contributed by atoms with E-state index < -0.39 is 11.6 Å². The number of halogens is 2. The number of benzene rings is 2. The maximum atomic E-state index is 13.4. The van der Waals surface area contributed by atoms with Crippen LogP contribution in [0.5, 0.6) is 0 Å². The second kappa shape index (κ2) is 4.18. The van der Waals surface area contributed by atoms with E-state index in [9.17, 15) is 8.78 Å². The summed E-state index contributed by atoms with van der Waals surface area (Å²) >= 11 is 0.